The van der Waals surface area contributed by atoms with E-state index in [4.69, 9.17) is 11.6 Å². The third-order valence-electron chi connectivity index (χ3n) is 4.04. The van der Waals surface area contributed by atoms with E-state index < -0.39 is 0 Å². The van der Waals surface area contributed by atoms with Gasteiger partial charge in [-0.15, -0.1) is 0 Å². The fraction of sp³-hybridized carbons (Fsp3) is 0.412. The van der Waals surface area contributed by atoms with Crippen LogP contribution in [0.25, 0.3) is 10.8 Å². The molecule has 1 atom stereocenters. The lowest BCUT2D eigenvalue weighted by atomic mass is 9.95. The van der Waals surface area contributed by atoms with Crippen molar-refractivity contribution in [3.8, 4) is 0 Å². The molecule has 2 rings (SSSR count). The maximum Gasteiger partial charge on any atom is 0.270 e. The molecular weight excluding hydrogens is 284 g/mol. The van der Waals surface area contributed by atoms with Crippen LogP contribution < -0.4 is 5.32 Å². The van der Waals surface area contributed by atoms with Gasteiger partial charge in [0, 0.05) is 11.4 Å². The number of halogens is 1. The molecular formula is C17H21ClN2O. The zero-order chi connectivity index (χ0) is 15.4. The van der Waals surface area contributed by atoms with Gasteiger partial charge >= 0.3 is 0 Å². The monoisotopic (exact) mass is 304 g/mol. The summed E-state index contributed by atoms with van der Waals surface area (Å²) in [7, 11) is 0. The zero-order valence-corrected chi connectivity index (χ0v) is 13.4. The van der Waals surface area contributed by atoms with E-state index in [1.165, 1.54) is 0 Å². The van der Waals surface area contributed by atoms with E-state index in [0.717, 1.165) is 23.6 Å². The first-order valence-electron chi connectivity index (χ1n) is 7.43. The molecule has 0 bridgehead atoms. The van der Waals surface area contributed by atoms with Crippen LogP contribution in [-0.4, -0.2) is 16.9 Å². The van der Waals surface area contributed by atoms with Crippen LogP contribution >= 0.6 is 11.6 Å². The Bertz CT molecular complexity index is 638. The van der Waals surface area contributed by atoms with Crippen molar-refractivity contribution < 1.29 is 4.79 Å². The number of fused-ring (bicyclic) bond motifs is 1. The molecule has 0 radical (unpaired) electrons. The standard InChI is InChI=1S/C17H21ClN2O/c1-4-12(5-2)11(3)19-17(21)15-10-13-8-6-7-9-14(13)16(18)20-15/h6-12H,4-5H2,1-3H3,(H,19,21). The van der Waals surface area contributed by atoms with Gasteiger partial charge < -0.3 is 5.32 Å². The number of nitrogens with zero attached hydrogens (tertiary/aromatic N) is 1. The van der Waals surface area contributed by atoms with Crippen molar-refractivity contribution in [1.82, 2.24) is 10.3 Å². The Morgan fingerprint density at radius 1 is 1.29 bits per heavy atom. The minimum absolute atomic E-state index is 0.125. The zero-order valence-electron chi connectivity index (χ0n) is 12.7. The SMILES string of the molecule is CCC(CC)C(C)NC(=O)c1cc2ccccc2c(Cl)n1. The minimum atomic E-state index is -0.165. The lowest BCUT2D eigenvalue weighted by molar-refractivity contribution is 0.0920. The molecule has 1 N–H and O–H groups in total. The maximum atomic E-state index is 12.4. The molecule has 0 aliphatic heterocycles. The highest BCUT2D eigenvalue weighted by Crippen LogP contribution is 2.22. The number of hydrogen-bond acceptors (Lipinski definition) is 2. The molecule has 1 heterocycles. The molecule has 4 heteroatoms. The van der Waals surface area contributed by atoms with Gasteiger partial charge in [-0.3, -0.25) is 4.79 Å². The predicted molar refractivity (Wildman–Crippen MR) is 87.8 cm³/mol. The highest BCUT2D eigenvalue weighted by atomic mass is 35.5. The summed E-state index contributed by atoms with van der Waals surface area (Å²) in [6.07, 6.45) is 2.09. The Kier molecular flexibility index (Phi) is 5.18. The maximum absolute atomic E-state index is 12.4. The number of carbonyl (C=O) groups is 1. The second-order valence-corrected chi connectivity index (χ2v) is 5.72. The predicted octanol–water partition coefficient (Wildman–Crippen LogP) is 4.44. The van der Waals surface area contributed by atoms with Crippen molar-refractivity contribution in [2.45, 2.75) is 39.7 Å². The van der Waals surface area contributed by atoms with E-state index in [2.05, 4.69) is 24.1 Å². The van der Waals surface area contributed by atoms with Crippen LogP contribution in [0.1, 0.15) is 44.1 Å². The Morgan fingerprint density at radius 2 is 1.95 bits per heavy atom. The highest BCUT2D eigenvalue weighted by Gasteiger charge is 2.18. The quantitative estimate of drug-likeness (QED) is 0.830. The molecule has 1 unspecified atom stereocenters. The van der Waals surface area contributed by atoms with Crippen molar-refractivity contribution in [1.29, 1.82) is 0 Å². The highest BCUT2D eigenvalue weighted by molar-refractivity contribution is 6.34. The summed E-state index contributed by atoms with van der Waals surface area (Å²) < 4.78 is 0. The van der Waals surface area contributed by atoms with Crippen LogP contribution in [0.3, 0.4) is 0 Å². The fourth-order valence-corrected chi connectivity index (χ4v) is 2.93. The van der Waals surface area contributed by atoms with Gasteiger partial charge in [0.05, 0.1) is 0 Å². The lowest BCUT2D eigenvalue weighted by Gasteiger charge is -2.22. The molecule has 112 valence electrons. The van der Waals surface area contributed by atoms with Gasteiger partial charge in [-0.2, -0.15) is 0 Å². The van der Waals surface area contributed by atoms with Crippen LogP contribution in [0.5, 0.6) is 0 Å². The summed E-state index contributed by atoms with van der Waals surface area (Å²) in [5.41, 5.74) is 0.372. The second-order valence-electron chi connectivity index (χ2n) is 5.36. The van der Waals surface area contributed by atoms with E-state index in [-0.39, 0.29) is 11.9 Å². The number of rotatable bonds is 5. The number of carbonyl (C=O) groups excluding carboxylic acids is 1. The summed E-state index contributed by atoms with van der Waals surface area (Å²) in [6, 6.07) is 9.58. The number of amides is 1. The summed E-state index contributed by atoms with van der Waals surface area (Å²) >= 11 is 6.17. The topological polar surface area (TPSA) is 42.0 Å². The average molecular weight is 305 g/mol. The number of hydrogen-bond donors (Lipinski definition) is 1. The first-order valence-corrected chi connectivity index (χ1v) is 7.80. The molecule has 0 fully saturated rings. The first kappa shape index (κ1) is 15.8. The average Bonchev–Trinajstić information content (AvgIpc) is 2.48. The molecule has 21 heavy (non-hydrogen) atoms. The Balaban J connectivity index is 2.23. The van der Waals surface area contributed by atoms with Gasteiger partial charge in [-0.25, -0.2) is 4.98 Å². The Labute approximate surface area is 130 Å². The van der Waals surface area contributed by atoms with Gasteiger partial charge in [0.2, 0.25) is 0 Å². The third-order valence-corrected chi connectivity index (χ3v) is 4.33. The van der Waals surface area contributed by atoms with E-state index in [1.807, 2.05) is 31.2 Å². The van der Waals surface area contributed by atoms with E-state index in [9.17, 15) is 4.79 Å². The Morgan fingerprint density at radius 3 is 2.62 bits per heavy atom. The molecule has 1 aromatic heterocycles. The summed E-state index contributed by atoms with van der Waals surface area (Å²) in [5.74, 6) is 0.312. The van der Waals surface area contributed by atoms with E-state index in [0.29, 0.717) is 16.8 Å². The van der Waals surface area contributed by atoms with Gasteiger partial charge in [0.25, 0.3) is 5.91 Å². The van der Waals surface area contributed by atoms with E-state index in [1.54, 1.807) is 6.07 Å². The fourth-order valence-electron chi connectivity index (χ4n) is 2.67. The summed E-state index contributed by atoms with van der Waals surface area (Å²) in [5, 5.41) is 5.19. The van der Waals surface area contributed by atoms with Gasteiger partial charge in [-0.05, 0) is 24.3 Å². The molecule has 0 spiro atoms. The normalized spacial score (nSPS) is 12.6. The van der Waals surface area contributed by atoms with Crippen LogP contribution in [0.4, 0.5) is 0 Å². The number of nitrogens with one attached hydrogen (secondary N) is 1. The van der Waals surface area contributed by atoms with Crippen LogP contribution in [0.15, 0.2) is 30.3 Å². The van der Waals surface area contributed by atoms with Crippen LogP contribution in [0, 0.1) is 5.92 Å². The molecule has 0 saturated carbocycles. The summed E-state index contributed by atoms with van der Waals surface area (Å²) in [4.78, 5) is 16.6. The van der Waals surface area contributed by atoms with Gasteiger partial charge in [0.15, 0.2) is 0 Å². The second kappa shape index (κ2) is 6.90. The number of pyridine rings is 1. The van der Waals surface area contributed by atoms with Crippen molar-refractivity contribution in [2.75, 3.05) is 0 Å². The van der Waals surface area contributed by atoms with Crippen LogP contribution in [0.2, 0.25) is 5.15 Å². The molecule has 0 aliphatic rings. The van der Waals surface area contributed by atoms with E-state index >= 15 is 0 Å². The van der Waals surface area contributed by atoms with Gasteiger partial charge in [-0.1, -0.05) is 62.6 Å². The smallest absolute Gasteiger partial charge is 0.270 e. The minimum Gasteiger partial charge on any atom is -0.348 e. The number of aromatic nitrogens is 1. The third kappa shape index (κ3) is 3.53. The largest absolute Gasteiger partial charge is 0.348 e. The molecule has 1 amide bonds. The van der Waals surface area contributed by atoms with Crippen molar-refractivity contribution >= 4 is 28.3 Å². The van der Waals surface area contributed by atoms with Crippen molar-refractivity contribution in [2.24, 2.45) is 5.92 Å². The summed E-state index contributed by atoms with van der Waals surface area (Å²) in [6.45, 7) is 6.32. The molecule has 0 aliphatic carbocycles. The Hall–Kier alpha value is -1.61. The van der Waals surface area contributed by atoms with Crippen molar-refractivity contribution in [3.63, 3.8) is 0 Å². The van der Waals surface area contributed by atoms with Gasteiger partial charge in [0.1, 0.15) is 10.8 Å². The number of benzene rings is 1. The van der Waals surface area contributed by atoms with Crippen molar-refractivity contribution in [3.05, 3.63) is 41.2 Å². The lowest BCUT2D eigenvalue weighted by Crippen LogP contribution is -2.38. The molecule has 2 aromatic rings. The van der Waals surface area contributed by atoms with Crippen LogP contribution in [-0.2, 0) is 0 Å². The first-order chi connectivity index (χ1) is 10.1. The molecule has 1 aromatic carbocycles. The molecule has 3 nitrogen and oxygen atoms in total. The molecule has 0 saturated heterocycles.